The Morgan fingerprint density at radius 1 is 1.10 bits per heavy atom. The van der Waals surface area contributed by atoms with Gasteiger partial charge in [0.05, 0.1) is 25.2 Å². The normalized spacial score (nSPS) is 16.8. The molecule has 7 heteroatoms. The van der Waals surface area contributed by atoms with E-state index in [0.717, 1.165) is 80.5 Å². The van der Waals surface area contributed by atoms with Gasteiger partial charge in [-0.05, 0) is 48.9 Å². The highest BCUT2D eigenvalue weighted by Gasteiger charge is 2.25. The first-order valence-corrected chi connectivity index (χ1v) is 11.6. The SMILES string of the molecule is COCCc1ccc(Oc2nc(C[NH+]3CCOCC3)nc3sc4c(c23)CCC4)cc1. The maximum atomic E-state index is 6.35. The van der Waals surface area contributed by atoms with E-state index in [2.05, 4.69) is 12.1 Å². The molecule has 158 valence electrons. The fraction of sp³-hybridized carbons (Fsp3) is 0.478. The molecular weight excluding hydrogens is 398 g/mol. The third-order valence-corrected chi connectivity index (χ3v) is 7.10. The van der Waals surface area contributed by atoms with Gasteiger partial charge in [-0.25, -0.2) is 4.98 Å². The molecule has 0 atom stereocenters. The molecule has 2 aromatic heterocycles. The topological polar surface area (TPSA) is 57.9 Å². The zero-order chi connectivity index (χ0) is 20.3. The summed E-state index contributed by atoms with van der Waals surface area (Å²) in [5, 5.41) is 1.12. The molecular formula is C23H28N3O3S+. The zero-order valence-electron chi connectivity index (χ0n) is 17.4. The molecule has 1 aliphatic carbocycles. The lowest BCUT2D eigenvalue weighted by atomic mass is 10.1. The number of hydrogen-bond acceptors (Lipinski definition) is 6. The zero-order valence-corrected chi connectivity index (χ0v) is 18.2. The highest BCUT2D eigenvalue weighted by Crippen LogP contribution is 2.41. The van der Waals surface area contributed by atoms with Crippen molar-refractivity contribution in [3.63, 3.8) is 0 Å². The summed E-state index contributed by atoms with van der Waals surface area (Å²) < 4.78 is 17.0. The van der Waals surface area contributed by atoms with Gasteiger partial charge in [0, 0.05) is 12.0 Å². The Balaban J connectivity index is 1.45. The van der Waals surface area contributed by atoms with Crippen LogP contribution in [0, 0.1) is 0 Å². The fourth-order valence-electron chi connectivity index (χ4n) is 4.27. The molecule has 2 aliphatic rings. The van der Waals surface area contributed by atoms with Crippen LogP contribution in [0.2, 0.25) is 0 Å². The van der Waals surface area contributed by atoms with Crippen LogP contribution in [0.25, 0.3) is 10.2 Å². The smallest absolute Gasteiger partial charge is 0.231 e. The van der Waals surface area contributed by atoms with E-state index < -0.39 is 0 Å². The van der Waals surface area contributed by atoms with Crippen molar-refractivity contribution < 1.29 is 19.1 Å². The van der Waals surface area contributed by atoms with Gasteiger partial charge >= 0.3 is 0 Å². The van der Waals surface area contributed by atoms with Gasteiger partial charge in [-0.2, -0.15) is 4.98 Å². The van der Waals surface area contributed by atoms with Gasteiger partial charge in [-0.15, -0.1) is 11.3 Å². The van der Waals surface area contributed by atoms with Gasteiger partial charge in [-0.3, -0.25) is 0 Å². The van der Waals surface area contributed by atoms with Gasteiger partial charge in [-0.1, -0.05) is 12.1 Å². The third kappa shape index (κ3) is 4.21. The highest BCUT2D eigenvalue weighted by atomic mass is 32.1. The number of thiophene rings is 1. The number of aromatic nitrogens is 2. The number of methoxy groups -OCH3 is 1. The van der Waals surface area contributed by atoms with E-state index in [0.29, 0.717) is 5.88 Å². The number of aryl methyl sites for hydroxylation is 2. The predicted molar refractivity (Wildman–Crippen MR) is 117 cm³/mol. The van der Waals surface area contributed by atoms with E-state index in [9.17, 15) is 0 Å². The van der Waals surface area contributed by atoms with Gasteiger partial charge in [0.1, 0.15) is 30.2 Å². The number of quaternary nitrogens is 1. The highest BCUT2D eigenvalue weighted by molar-refractivity contribution is 7.19. The molecule has 6 nitrogen and oxygen atoms in total. The van der Waals surface area contributed by atoms with Crippen LogP contribution in [0.5, 0.6) is 11.6 Å². The second-order valence-electron chi connectivity index (χ2n) is 8.01. The molecule has 1 N–H and O–H groups in total. The molecule has 3 heterocycles. The van der Waals surface area contributed by atoms with Crippen LogP contribution in [0.1, 0.15) is 28.2 Å². The largest absolute Gasteiger partial charge is 0.438 e. The second-order valence-corrected chi connectivity index (χ2v) is 9.09. The first-order valence-electron chi connectivity index (χ1n) is 10.8. The van der Waals surface area contributed by atoms with Crippen LogP contribution in [0.4, 0.5) is 0 Å². The number of rotatable bonds is 7. The number of hydrogen-bond donors (Lipinski definition) is 1. The van der Waals surface area contributed by atoms with E-state index >= 15 is 0 Å². The van der Waals surface area contributed by atoms with Crippen molar-refractivity contribution in [2.24, 2.45) is 0 Å². The molecule has 3 aromatic rings. The van der Waals surface area contributed by atoms with Crippen molar-refractivity contribution in [3.8, 4) is 11.6 Å². The molecule has 1 fully saturated rings. The number of ether oxygens (including phenoxy) is 3. The van der Waals surface area contributed by atoms with Gasteiger partial charge < -0.3 is 19.1 Å². The van der Waals surface area contributed by atoms with E-state index in [1.54, 1.807) is 7.11 Å². The Kier molecular flexibility index (Phi) is 5.95. The molecule has 1 aromatic carbocycles. The van der Waals surface area contributed by atoms with E-state index in [4.69, 9.17) is 24.2 Å². The summed E-state index contributed by atoms with van der Waals surface area (Å²) in [7, 11) is 1.73. The van der Waals surface area contributed by atoms with Crippen molar-refractivity contribution in [1.82, 2.24) is 9.97 Å². The maximum absolute atomic E-state index is 6.35. The maximum Gasteiger partial charge on any atom is 0.231 e. The quantitative estimate of drug-likeness (QED) is 0.629. The lowest BCUT2D eigenvalue weighted by Gasteiger charge is -2.23. The monoisotopic (exact) mass is 426 g/mol. The molecule has 0 unspecified atom stereocenters. The molecule has 0 bridgehead atoms. The van der Waals surface area contributed by atoms with E-state index in [1.165, 1.54) is 27.3 Å². The first kappa shape index (κ1) is 19.9. The Labute approximate surface area is 180 Å². The summed E-state index contributed by atoms with van der Waals surface area (Å²) in [6, 6.07) is 8.25. The molecule has 0 amide bonds. The molecule has 1 saturated heterocycles. The molecule has 0 saturated carbocycles. The predicted octanol–water partition coefficient (Wildman–Crippen LogP) is 2.58. The molecule has 0 radical (unpaired) electrons. The van der Waals surface area contributed by atoms with Crippen LogP contribution in [-0.2, 0) is 35.3 Å². The fourth-order valence-corrected chi connectivity index (χ4v) is 5.54. The first-order chi connectivity index (χ1) is 14.8. The van der Waals surface area contributed by atoms with Crippen LogP contribution in [0.15, 0.2) is 24.3 Å². The third-order valence-electron chi connectivity index (χ3n) is 5.92. The minimum Gasteiger partial charge on any atom is -0.438 e. The van der Waals surface area contributed by atoms with Crippen molar-refractivity contribution in [1.29, 1.82) is 0 Å². The minimum absolute atomic E-state index is 0.715. The van der Waals surface area contributed by atoms with Gasteiger partial charge in [0.25, 0.3) is 0 Å². The van der Waals surface area contributed by atoms with Crippen LogP contribution < -0.4 is 9.64 Å². The lowest BCUT2D eigenvalue weighted by molar-refractivity contribution is -0.922. The summed E-state index contributed by atoms with van der Waals surface area (Å²) in [6.45, 7) is 5.16. The van der Waals surface area contributed by atoms with E-state index in [1.807, 2.05) is 23.5 Å². The average Bonchev–Trinajstić information content (AvgIpc) is 3.35. The minimum atomic E-state index is 0.715. The Morgan fingerprint density at radius 3 is 2.73 bits per heavy atom. The number of nitrogens with zero attached hydrogens (tertiary/aromatic N) is 2. The van der Waals surface area contributed by atoms with Crippen molar-refractivity contribution in [2.75, 3.05) is 40.0 Å². The number of benzene rings is 1. The van der Waals surface area contributed by atoms with E-state index in [-0.39, 0.29) is 0 Å². The standard InChI is InChI=1S/C23H27N3O3S/c1-27-12-9-16-5-7-17(8-6-16)29-22-21-18-3-2-4-19(18)30-23(21)25-20(24-22)15-26-10-13-28-14-11-26/h5-8H,2-4,9-15H2,1H3/p+1. The summed E-state index contributed by atoms with van der Waals surface area (Å²) in [5.41, 5.74) is 2.64. The van der Waals surface area contributed by atoms with Crippen LogP contribution in [0.3, 0.4) is 0 Å². The van der Waals surface area contributed by atoms with Crippen LogP contribution >= 0.6 is 11.3 Å². The molecule has 0 spiro atoms. The molecule has 5 rings (SSSR count). The lowest BCUT2D eigenvalue weighted by Crippen LogP contribution is -3.12. The van der Waals surface area contributed by atoms with Crippen molar-refractivity contribution >= 4 is 21.6 Å². The summed E-state index contributed by atoms with van der Waals surface area (Å²) in [5.74, 6) is 2.40. The number of nitrogens with one attached hydrogen (secondary N) is 1. The summed E-state index contributed by atoms with van der Waals surface area (Å²) in [4.78, 5) is 13.8. The Bertz CT molecular complexity index is 1010. The van der Waals surface area contributed by atoms with Gasteiger partial charge in [0.15, 0.2) is 5.82 Å². The summed E-state index contributed by atoms with van der Waals surface area (Å²) in [6.07, 6.45) is 4.36. The average molecular weight is 427 g/mol. The summed E-state index contributed by atoms with van der Waals surface area (Å²) >= 11 is 1.82. The second kappa shape index (κ2) is 8.98. The van der Waals surface area contributed by atoms with Crippen molar-refractivity contribution in [2.45, 2.75) is 32.2 Å². The van der Waals surface area contributed by atoms with Crippen LogP contribution in [-0.4, -0.2) is 50.0 Å². The molecule has 30 heavy (non-hydrogen) atoms. The Morgan fingerprint density at radius 2 is 1.93 bits per heavy atom. The molecule has 1 aliphatic heterocycles. The van der Waals surface area contributed by atoms with Crippen molar-refractivity contribution in [3.05, 3.63) is 46.1 Å². The van der Waals surface area contributed by atoms with Gasteiger partial charge in [0.2, 0.25) is 5.88 Å². The Hall–Kier alpha value is -2.06. The number of fused-ring (bicyclic) bond motifs is 3. The number of morpholine rings is 1.